The lowest BCUT2D eigenvalue weighted by Gasteiger charge is -2.16. The van der Waals surface area contributed by atoms with Gasteiger partial charge in [-0.1, -0.05) is 23.7 Å². The Morgan fingerprint density at radius 3 is 2.90 bits per heavy atom. The van der Waals surface area contributed by atoms with Gasteiger partial charge < -0.3 is 4.74 Å². The number of ether oxygens (including phenoxy) is 1. The van der Waals surface area contributed by atoms with Crippen LogP contribution in [-0.2, 0) is 0 Å². The lowest BCUT2D eigenvalue weighted by molar-refractivity contribution is 0.338. The quantitative estimate of drug-likeness (QED) is 0.464. The molecular formula is C15H18ClN3OS. The summed E-state index contributed by atoms with van der Waals surface area (Å²) in [5.41, 5.74) is 3.81. The van der Waals surface area contributed by atoms with E-state index in [1.165, 1.54) is 0 Å². The van der Waals surface area contributed by atoms with E-state index >= 15 is 0 Å². The fourth-order valence-electron chi connectivity index (χ4n) is 1.85. The number of hydrogen-bond donors (Lipinski definition) is 2. The second-order valence-electron chi connectivity index (χ2n) is 4.35. The van der Waals surface area contributed by atoms with E-state index in [1.807, 2.05) is 37.3 Å². The third-order valence-electron chi connectivity index (χ3n) is 2.89. The van der Waals surface area contributed by atoms with Gasteiger partial charge in [-0.3, -0.25) is 16.3 Å². The average molecular weight is 324 g/mol. The summed E-state index contributed by atoms with van der Waals surface area (Å²) in [6.07, 6.45) is 3.49. The fraction of sp³-hybridized carbons (Fsp3) is 0.267. The molecule has 0 fully saturated rings. The Balaban J connectivity index is 2.06. The highest BCUT2D eigenvalue weighted by molar-refractivity contribution is 7.99. The predicted octanol–water partition coefficient (Wildman–Crippen LogP) is 3.43. The maximum atomic E-state index is 6.16. The first kappa shape index (κ1) is 16.1. The van der Waals surface area contributed by atoms with E-state index in [4.69, 9.17) is 22.2 Å². The number of hydrogen-bond acceptors (Lipinski definition) is 5. The van der Waals surface area contributed by atoms with Crippen molar-refractivity contribution in [2.45, 2.75) is 17.9 Å². The zero-order valence-electron chi connectivity index (χ0n) is 11.8. The van der Waals surface area contributed by atoms with Gasteiger partial charge >= 0.3 is 0 Å². The van der Waals surface area contributed by atoms with Crippen molar-refractivity contribution in [3.05, 3.63) is 53.3 Å². The number of nitrogens with two attached hydrogens (primary N) is 1. The molecule has 0 aliphatic carbocycles. The van der Waals surface area contributed by atoms with Crippen molar-refractivity contribution in [3.8, 4) is 5.75 Å². The normalized spacial score (nSPS) is 12.1. The van der Waals surface area contributed by atoms with E-state index in [1.54, 1.807) is 24.2 Å². The zero-order chi connectivity index (χ0) is 15.1. The van der Waals surface area contributed by atoms with Gasteiger partial charge in [0, 0.05) is 16.8 Å². The van der Waals surface area contributed by atoms with Crippen LogP contribution in [0, 0.1) is 0 Å². The van der Waals surface area contributed by atoms with Crippen LogP contribution in [0.5, 0.6) is 5.75 Å². The van der Waals surface area contributed by atoms with E-state index in [9.17, 15) is 0 Å². The van der Waals surface area contributed by atoms with Crippen molar-refractivity contribution in [1.29, 1.82) is 0 Å². The van der Waals surface area contributed by atoms with Crippen molar-refractivity contribution < 1.29 is 4.74 Å². The minimum absolute atomic E-state index is 0.0285. The van der Waals surface area contributed by atoms with Crippen LogP contribution in [0.2, 0.25) is 5.02 Å². The number of halogens is 1. The molecule has 2 aromatic rings. The Morgan fingerprint density at radius 1 is 1.38 bits per heavy atom. The Hall–Kier alpha value is -1.27. The summed E-state index contributed by atoms with van der Waals surface area (Å²) in [5, 5.41) is 0.750. The van der Waals surface area contributed by atoms with Crippen LogP contribution in [0.3, 0.4) is 0 Å². The van der Waals surface area contributed by atoms with Crippen LogP contribution in [0.25, 0.3) is 0 Å². The van der Waals surface area contributed by atoms with Gasteiger partial charge in [0.2, 0.25) is 0 Å². The largest absolute Gasteiger partial charge is 0.492 e. The summed E-state index contributed by atoms with van der Waals surface area (Å²) in [5.74, 6) is 7.16. The van der Waals surface area contributed by atoms with Crippen LogP contribution in [0.15, 0.2) is 47.6 Å². The van der Waals surface area contributed by atoms with E-state index < -0.39 is 0 Å². The smallest absolute Gasteiger partial charge is 0.137 e. The standard InChI is InChI=1S/C15H18ClN3OS/c1-2-20-12-7-11(8-18-9-12)14(19-17)10-21-15-6-4-3-5-13(15)16/h3-9,14,19H,2,10,17H2,1H3. The summed E-state index contributed by atoms with van der Waals surface area (Å²) < 4.78 is 5.46. The van der Waals surface area contributed by atoms with Gasteiger partial charge in [-0.15, -0.1) is 11.8 Å². The number of pyridine rings is 1. The Kier molecular flexibility index (Phi) is 6.32. The van der Waals surface area contributed by atoms with Crippen LogP contribution in [0.1, 0.15) is 18.5 Å². The summed E-state index contributed by atoms with van der Waals surface area (Å²) >= 11 is 7.81. The second-order valence-corrected chi connectivity index (χ2v) is 5.82. The molecule has 1 atom stereocenters. The molecule has 6 heteroatoms. The van der Waals surface area contributed by atoms with Crippen molar-refractivity contribution in [1.82, 2.24) is 10.4 Å². The highest BCUT2D eigenvalue weighted by Gasteiger charge is 2.12. The van der Waals surface area contributed by atoms with Gasteiger partial charge in [-0.25, -0.2) is 0 Å². The van der Waals surface area contributed by atoms with E-state index in [0.29, 0.717) is 6.61 Å². The number of nitrogens with zero attached hydrogens (tertiary/aromatic N) is 1. The van der Waals surface area contributed by atoms with Crippen LogP contribution >= 0.6 is 23.4 Å². The third-order valence-corrected chi connectivity index (χ3v) is 4.50. The number of benzene rings is 1. The first-order valence-corrected chi connectivity index (χ1v) is 8.02. The summed E-state index contributed by atoms with van der Waals surface area (Å²) in [4.78, 5) is 5.22. The number of nitrogens with one attached hydrogen (secondary N) is 1. The highest BCUT2D eigenvalue weighted by atomic mass is 35.5. The van der Waals surface area contributed by atoms with Crippen LogP contribution in [0.4, 0.5) is 0 Å². The molecule has 1 aromatic carbocycles. The first-order valence-electron chi connectivity index (χ1n) is 6.65. The van der Waals surface area contributed by atoms with Gasteiger partial charge in [0.05, 0.1) is 23.9 Å². The summed E-state index contributed by atoms with van der Waals surface area (Å²) in [6.45, 7) is 2.55. The van der Waals surface area contributed by atoms with Gasteiger partial charge in [0.25, 0.3) is 0 Å². The first-order chi connectivity index (χ1) is 10.2. The minimum Gasteiger partial charge on any atom is -0.492 e. The van der Waals surface area contributed by atoms with Crippen LogP contribution in [-0.4, -0.2) is 17.3 Å². The molecule has 0 amide bonds. The summed E-state index contributed by atoms with van der Waals surface area (Å²) in [6, 6.07) is 9.69. The van der Waals surface area contributed by atoms with Gasteiger partial charge in [0.15, 0.2) is 0 Å². The zero-order valence-corrected chi connectivity index (χ0v) is 13.3. The number of rotatable bonds is 7. The topological polar surface area (TPSA) is 60.2 Å². The molecule has 4 nitrogen and oxygen atoms in total. The molecule has 21 heavy (non-hydrogen) atoms. The Labute approximate surface area is 134 Å². The SMILES string of the molecule is CCOc1cncc(C(CSc2ccccc2Cl)NN)c1. The average Bonchev–Trinajstić information content (AvgIpc) is 2.50. The van der Waals surface area contributed by atoms with Gasteiger partial charge in [0.1, 0.15) is 5.75 Å². The third kappa shape index (κ3) is 4.61. The number of aromatic nitrogens is 1. The van der Waals surface area contributed by atoms with Crippen molar-refractivity contribution in [2.75, 3.05) is 12.4 Å². The number of hydrazine groups is 1. The lowest BCUT2D eigenvalue weighted by Crippen LogP contribution is -2.29. The monoisotopic (exact) mass is 323 g/mol. The van der Waals surface area contributed by atoms with Gasteiger partial charge in [-0.05, 0) is 30.7 Å². The molecule has 1 heterocycles. The van der Waals surface area contributed by atoms with Crippen LogP contribution < -0.4 is 16.0 Å². The predicted molar refractivity (Wildman–Crippen MR) is 87.6 cm³/mol. The molecule has 0 saturated carbocycles. The molecular weight excluding hydrogens is 306 g/mol. The van der Waals surface area contributed by atoms with E-state index in [-0.39, 0.29) is 6.04 Å². The lowest BCUT2D eigenvalue weighted by atomic mass is 10.1. The molecule has 0 aliphatic heterocycles. The minimum atomic E-state index is -0.0285. The Morgan fingerprint density at radius 2 is 2.19 bits per heavy atom. The maximum Gasteiger partial charge on any atom is 0.137 e. The highest BCUT2D eigenvalue weighted by Crippen LogP contribution is 2.30. The molecule has 0 radical (unpaired) electrons. The molecule has 3 N–H and O–H groups in total. The fourth-order valence-corrected chi connectivity index (χ4v) is 3.16. The van der Waals surface area contributed by atoms with Crippen molar-refractivity contribution >= 4 is 23.4 Å². The van der Waals surface area contributed by atoms with Gasteiger partial charge in [-0.2, -0.15) is 0 Å². The molecule has 0 bridgehead atoms. The second kappa shape index (κ2) is 8.24. The molecule has 0 saturated heterocycles. The molecule has 0 spiro atoms. The molecule has 2 rings (SSSR count). The Bertz CT molecular complexity index is 582. The summed E-state index contributed by atoms with van der Waals surface area (Å²) in [7, 11) is 0. The molecule has 0 aliphatic rings. The van der Waals surface area contributed by atoms with E-state index in [2.05, 4.69) is 10.4 Å². The maximum absolute atomic E-state index is 6.16. The van der Waals surface area contributed by atoms with E-state index in [0.717, 1.165) is 27.0 Å². The molecule has 1 aromatic heterocycles. The molecule has 112 valence electrons. The molecule has 1 unspecified atom stereocenters. The van der Waals surface area contributed by atoms with Crippen molar-refractivity contribution in [2.24, 2.45) is 5.84 Å². The van der Waals surface area contributed by atoms with Crippen molar-refractivity contribution in [3.63, 3.8) is 0 Å². The number of thioether (sulfide) groups is 1.